The van der Waals surface area contributed by atoms with Crippen molar-refractivity contribution in [3.63, 3.8) is 0 Å². The maximum Gasteiger partial charge on any atom is 0.262 e. The second-order valence-corrected chi connectivity index (χ2v) is 7.40. The van der Waals surface area contributed by atoms with Gasteiger partial charge in [-0.25, -0.2) is 0 Å². The molecule has 0 saturated heterocycles. The summed E-state index contributed by atoms with van der Waals surface area (Å²) in [6.07, 6.45) is 3.10. The normalized spacial score (nSPS) is 10.6. The maximum atomic E-state index is 12.7. The van der Waals surface area contributed by atoms with Crippen LogP contribution in [0.15, 0.2) is 66.7 Å². The van der Waals surface area contributed by atoms with E-state index in [0.29, 0.717) is 44.8 Å². The first-order valence-electron chi connectivity index (χ1n) is 10.2. The summed E-state index contributed by atoms with van der Waals surface area (Å²) in [4.78, 5) is 24.9. The lowest BCUT2D eigenvalue weighted by molar-refractivity contribution is -0.118. The van der Waals surface area contributed by atoms with E-state index in [0.717, 1.165) is 0 Å². The first kappa shape index (κ1) is 24.7. The number of carbonyl (C=O) groups is 2. The molecule has 0 aliphatic carbocycles. The number of hydrogen-bond donors (Lipinski definition) is 1. The summed E-state index contributed by atoms with van der Waals surface area (Å²) >= 11 is 6.05. The van der Waals surface area contributed by atoms with Gasteiger partial charge in [-0.3, -0.25) is 9.59 Å². The summed E-state index contributed by atoms with van der Waals surface area (Å²) < 4.78 is 21.4. The molecule has 3 aromatic rings. The average molecular weight is 482 g/mol. The molecule has 0 unspecified atom stereocenters. The van der Waals surface area contributed by atoms with Crippen molar-refractivity contribution in [2.24, 2.45) is 0 Å². The molecule has 0 aliphatic heterocycles. The van der Waals surface area contributed by atoms with Crippen LogP contribution < -0.4 is 24.3 Å². The largest absolute Gasteiger partial charge is 0.497 e. The monoisotopic (exact) mass is 481 g/mol. The van der Waals surface area contributed by atoms with Crippen molar-refractivity contribution in [3.8, 4) is 23.0 Å². The number of ketones is 1. The van der Waals surface area contributed by atoms with Crippen LogP contribution in [0.1, 0.15) is 15.9 Å². The van der Waals surface area contributed by atoms with Gasteiger partial charge in [0.1, 0.15) is 11.5 Å². The molecule has 0 bridgehead atoms. The van der Waals surface area contributed by atoms with E-state index >= 15 is 0 Å². The van der Waals surface area contributed by atoms with Crippen LogP contribution in [0, 0.1) is 0 Å². The Bertz CT molecular complexity index is 1210. The maximum absolute atomic E-state index is 12.7. The van der Waals surface area contributed by atoms with Crippen LogP contribution in [0.4, 0.5) is 5.69 Å². The van der Waals surface area contributed by atoms with Crippen molar-refractivity contribution < 1.29 is 28.5 Å². The van der Waals surface area contributed by atoms with Crippen molar-refractivity contribution in [2.45, 2.75) is 0 Å². The first-order valence-corrected chi connectivity index (χ1v) is 10.6. The van der Waals surface area contributed by atoms with E-state index in [1.165, 1.54) is 20.3 Å². The zero-order valence-electron chi connectivity index (χ0n) is 19.0. The third-order valence-corrected chi connectivity index (χ3v) is 5.13. The number of ether oxygens (including phenoxy) is 4. The fraction of sp³-hybridized carbons (Fsp3) is 0.154. The van der Waals surface area contributed by atoms with Gasteiger partial charge < -0.3 is 24.3 Å². The van der Waals surface area contributed by atoms with Crippen molar-refractivity contribution >= 4 is 35.1 Å². The van der Waals surface area contributed by atoms with Gasteiger partial charge in [0.2, 0.25) is 0 Å². The number of benzene rings is 3. The quantitative estimate of drug-likeness (QED) is 0.313. The molecular weight excluding hydrogens is 458 g/mol. The molecule has 176 valence electrons. The number of nitrogens with one attached hydrogen (secondary N) is 1. The van der Waals surface area contributed by atoms with Gasteiger partial charge in [-0.05, 0) is 48.0 Å². The molecule has 34 heavy (non-hydrogen) atoms. The van der Waals surface area contributed by atoms with E-state index in [4.69, 9.17) is 30.5 Å². The van der Waals surface area contributed by atoms with Crippen molar-refractivity contribution in [2.75, 3.05) is 33.3 Å². The summed E-state index contributed by atoms with van der Waals surface area (Å²) in [7, 11) is 4.53. The third-order valence-electron chi connectivity index (χ3n) is 4.80. The lowest BCUT2D eigenvalue weighted by Crippen LogP contribution is -2.20. The molecule has 0 aliphatic rings. The number of methoxy groups -OCH3 is 3. The second-order valence-electron chi connectivity index (χ2n) is 6.99. The number of para-hydroxylation sites is 1. The number of amides is 1. The van der Waals surface area contributed by atoms with Crippen molar-refractivity contribution in [1.82, 2.24) is 0 Å². The molecule has 0 aromatic heterocycles. The van der Waals surface area contributed by atoms with Crippen LogP contribution in [0.25, 0.3) is 6.08 Å². The van der Waals surface area contributed by atoms with Crippen molar-refractivity contribution in [3.05, 3.63) is 82.9 Å². The van der Waals surface area contributed by atoms with Gasteiger partial charge in [-0.2, -0.15) is 0 Å². The van der Waals surface area contributed by atoms with Crippen LogP contribution in [0.3, 0.4) is 0 Å². The Hall–Kier alpha value is -3.97. The molecule has 0 atom stereocenters. The zero-order valence-corrected chi connectivity index (χ0v) is 19.7. The molecule has 0 radical (unpaired) electrons. The lowest BCUT2D eigenvalue weighted by Gasteiger charge is -2.12. The topological polar surface area (TPSA) is 83.1 Å². The van der Waals surface area contributed by atoms with Crippen LogP contribution in [0.2, 0.25) is 5.02 Å². The number of allylic oxidation sites excluding steroid dienone is 1. The van der Waals surface area contributed by atoms with Gasteiger partial charge in [-0.1, -0.05) is 35.9 Å². The van der Waals surface area contributed by atoms with E-state index in [1.807, 2.05) is 0 Å². The molecule has 1 amide bonds. The Morgan fingerprint density at radius 3 is 2.35 bits per heavy atom. The Morgan fingerprint density at radius 1 is 0.882 bits per heavy atom. The minimum atomic E-state index is -0.363. The minimum Gasteiger partial charge on any atom is -0.497 e. The van der Waals surface area contributed by atoms with Gasteiger partial charge in [0, 0.05) is 6.07 Å². The van der Waals surface area contributed by atoms with Crippen LogP contribution >= 0.6 is 11.6 Å². The fourth-order valence-electron chi connectivity index (χ4n) is 3.06. The number of halogens is 1. The van der Waals surface area contributed by atoms with E-state index in [-0.39, 0.29) is 18.3 Å². The molecule has 3 rings (SSSR count). The van der Waals surface area contributed by atoms with Crippen LogP contribution in [0.5, 0.6) is 23.0 Å². The van der Waals surface area contributed by atoms with Crippen molar-refractivity contribution in [1.29, 1.82) is 0 Å². The number of rotatable bonds is 10. The lowest BCUT2D eigenvalue weighted by atomic mass is 10.1. The zero-order chi connectivity index (χ0) is 24.5. The fourth-order valence-corrected chi connectivity index (χ4v) is 3.25. The highest BCUT2D eigenvalue weighted by Gasteiger charge is 2.12. The van der Waals surface area contributed by atoms with Gasteiger partial charge in [-0.15, -0.1) is 0 Å². The highest BCUT2D eigenvalue weighted by atomic mass is 35.5. The van der Waals surface area contributed by atoms with Gasteiger partial charge in [0.15, 0.2) is 23.9 Å². The summed E-state index contributed by atoms with van der Waals surface area (Å²) in [6, 6.07) is 17.0. The summed E-state index contributed by atoms with van der Waals surface area (Å²) in [5.74, 6) is 1.23. The smallest absolute Gasteiger partial charge is 0.262 e. The molecule has 1 N–H and O–H groups in total. The molecule has 0 saturated carbocycles. The molecule has 3 aromatic carbocycles. The average Bonchev–Trinajstić information content (AvgIpc) is 2.87. The van der Waals surface area contributed by atoms with Gasteiger partial charge >= 0.3 is 0 Å². The molecule has 8 heteroatoms. The van der Waals surface area contributed by atoms with Gasteiger partial charge in [0.25, 0.3) is 5.91 Å². The Kier molecular flexibility index (Phi) is 8.54. The minimum absolute atomic E-state index is 0.227. The molecular formula is C26H24ClNO6. The third kappa shape index (κ3) is 6.30. The predicted molar refractivity (Wildman–Crippen MR) is 131 cm³/mol. The second kappa shape index (κ2) is 11.8. The number of carbonyl (C=O) groups excluding carboxylic acids is 2. The van der Waals surface area contributed by atoms with E-state index in [1.54, 1.807) is 73.8 Å². The summed E-state index contributed by atoms with van der Waals surface area (Å²) in [6.45, 7) is -0.230. The first-order chi connectivity index (χ1) is 16.4. The Labute approximate surface area is 202 Å². The number of anilines is 1. The Balaban J connectivity index is 1.66. The Morgan fingerprint density at radius 2 is 1.65 bits per heavy atom. The molecule has 7 nitrogen and oxygen atoms in total. The summed E-state index contributed by atoms with van der Waals surface area (Å²) in [5, 5.41) is 3.13. The van der Waals surface area contributed by atoms with E-state index in [2.05, 4.69) is 5.32 Å². The van der Waals surface area contributed by atoms with E-state index in [9.17, 15) is 9.59 Å². The summed E-state index contributed by atoms with van der Waals surface area (Å²) in [5.41, 5.74) is 1.63. The van der Waals surface area contributed by atoms with Crippen LogP contribution in [-0.4, -0.2) is 39.6 Å². The number of hydrogen-bond acceptors (Lipinski definition) is 6. The SMILES string of the molecule is COc1ccc(C(=O)/C=C/c2ccc(OCC(=O)Nc3ccccc3Cl)c(OC)c2)c(OC)c1. The van der Waals surface area contributed by atoms with Gasteiger partial charge in [0.05, 0.1) is 37.6 Å². The molecule has 0 heterocycles. The predicted octanol–water partition coefficient (Wildman–Crippen LogP) is 5.28. The molecule has 0 spiro atoms. The molecule has 0 fully saturated rings. The standard InChI is InChI=1S/C26H24ClNO6/c1-31-18-10-11-19(24(15-18)32-2)22(29)12-8-17-9-13-23(25(14-17)33-3)34-16-26(30)28-21-7-5-4-6-20(21)27/h4-15H,16H2,1-3H3,(H,28,30)/b12-8+. The van der Waals surface area contributed by atoms with E-state index < -0.39 is 0 Å². The highest BCUT2D eigenvalue weighted by Crippen LogP contribution is 2.29. The highest BCUT2D eigenvalue weighted by molar-refractivity contribution is 6.33. The van der Waals surface area contributed by atoms with Crippen LogP contribution in [-0.2, 0) is 4.79 Å².